The molecule has 0 bridgehead atoms. The number of carbonyl (C=O) groups is 1. The Balaban J connectivity index is 1.45. The molecule has 0 aliphatic carbocycles. The van der Waals surface area contributed by atoms with Crippen molar-refractivity contribution in [3.63, 3.8) is 0 Å². The van der Waals surface area contributed by atoms with Gasteiger partial charge in [-0.15, -0.1) is 0 Å². The van der Waals surface area contributed by atoms with Gasteiger partial charge in [0.05, 0.1) is 11.0 Å². The summed E-state index contributed by atoms with van der Waals surface area (Å²) in [6.45, 7) is 7.30. The zero-order chi connectivity index (χ0) is 20.9. The molecular weight excluding hydrogens is 374 g/mol. The molecule has 2 aromatic carbocycles. The Morgan fingerprint density at radius 3 is 2.50 bits per heavy atom. The molecule has 0 radical (unpaired) electrons. The van der Waals surface area contributed by atoms with Gasteiger partial charge in [-0.1, -0.05) is 44.2 Å². The Labute approximate surface area is 178 Å². The van der Waals surface area contributed by atoms with E-state index in [1.165, 1.54) is 0 Å². The molecule has 2 heterocycles. The van der Waals surface area contributed by atoms with Crippen LogP contribution in [-0.2, 0) is 17.9 Å². The molecule has 5 nitrogen and oxygen atoms in total. The summed E-state index contributed by atoms with van der Waals surface area (Å²) in [7, 11) is 0. The topological polar surface area (TPSA) is 47.4 Å². The van der Waals surface area contributed by atoms with E-state index in [-0.39, 0.29) is 0 Å². The number of hydrogen-bond donors (Lipinski definition) is 0. The van der Waals surface area contributed by atoms with Gasteiger partial charge in [0.15, 0.2) is 0 Å². The molecule has 0 N–H and O–H groups in total. The van der Waals surface area contributed by atoms with Gasteiger partial charge in [-0.25, -0.2) is 4.98 Å². The molecular formula is C25H31N3O2. The highest BCUT2D eigenvalue weighted by atomic mass is 16.5. The molecule has 158 valence electrons. The summed E-state index contributed by atoms with van der Waals surface area (Å²) in [5.41, 5.74) is 2.16. The second-order valence-corrected chi connectivity index (χ2v) is 8.65. The molecule has 1 saturated heterocycles. The van der Waals surface area contributed by atoms with E-state index in [0.717, 1.165) is 55.1 Å². The van der Waals surface area contributed by atoms with Crippen molar-refractivity contribution >= 4 is 16.9 Å². The SMILES string of the molecule is CC(C)CC(=O)N1CCC(Cn2c(COc3ccccc3)nc3ccccc32)CC1. The number of rotatable bonds is 7. The van der Waals surface area contributed by atoms with Crippen molar-refractivity contribution in [2.24, 2.45) is 11.8 Å². The number of para-hydroxylation sites is 3. The molecule has 1 fully saturated rings. The van der Waals surface area contributed by atoms with Crippen molar-refractivity contribution in [3.8, 4) is 5.75 Å². The maximum absolute atomic E-state index is 12.4. The average Bonchev–Trinajstić information content (AvgIpc) is 3.10. The molecule has 4 rings (SSSR count). The van der Waals surface area contributed by atoms with Gasteiger partial charge in [-0.2, -0.15) is 0 Å². The summed E-state index contributed by atoms with van der Waals surface area (Å²) in [6.07, 6.45) is 2.72. The normalized spacial score (nSPS) is 15.1. The predicted molar refractivity (Wildman–Crippen MR) is 119 cm³/mol. The Hall–Kier alpha value is -2.82. The quantitative estimate of drug-likeness (QED) is 0.562. The molecule has 5 heteroatoms. The van der Waals surface area contributed by atoms with Crippen LogP contribution in [-0.4, -0.2) is 33.4 Å². The number of benzene rings is 2. The number of carbonyl (C=O) groups excluding carboxylic acids is 1. The molecule has 30 heavy (non-hydrogen) atoms. The fourth-order valence-corrected chi connectivity index (χ4v) is 4.21. The van der Waals surface area contributed by atoms with Gasteiger partial charge in [-0.05, 0) is 48.9 Å². The number of fused-ring (bicyclic) bond motifs is 1. The first-order valence-corrected chi connectivity index (χ1v) is 11.0. The first kappa shape index (κ1) is 20.5. The van der Waals surface area contributed by atoms with Gasteiger partial charge < -0.3 is 14.2 Å². The lowest BCUT2D eigenvalue weighted by atomic mass is 9.96. The number of likely N-dealkylation sites (tertiary alicyclic amines) is 1. The van der Waals surface area contributed by atoms with E-state index < -0.39 is 0 Å². The Kier molecular flexibility index (Phi) is 6.36. The van der Waals surface area contributed by atoms with Crippen LogP contribution in [0.2, 0.25) is 0 Å². The average molecular weight is 406 g/mol. The Morgan fingerprint density at radius 1 is 1.07 bits per heavy atom. The minimum atomic E-state index is 0.300. The van der Waals surface area contributed by atoms with Gasteiger partial charge in [0.25, 0.3) is 0 Å². The van der Waals surface area contributed by atoms with Crippen LogP contribution in [0.1, 0.15) is 38.9 Å². The van der Waals surface area contributed by atoms with Crippen LogP contribution < -0.4 is 4.74 Å². The number of imidazole rings is 1. The first-order valence-electron chi connectivity index (χ1n) is 11.0. The summed E-state index contributed by atoms with van der Waals surface area (Å²) in [5.74, 6) is 3.07. The third-order valence-electron chi connectivity index (χ3n) is 5.84. The predicted octanol–water partition coefficient (Wildman–Crippen LogP) is 4.90. The summed E-state index contributed by atoms with van der Waals surface area (Å²) >= 11 is 0. The van der Waals surface area contributed by atoms with E-state index in [4.69, 9.17) is 9.72 Å². The number of hydrogen-bond acceptors (Lipinski definition) is 3. The summed E-state index contributed by atoms with van der Waals surface area (Å²) in [5, 5.41) is 0. The van der Waals surface area contributed by atoms with Crippen LogP contribution in [0.15, 0.2) is 54.6 Å². The van der Waals surface area contributed by atoms with Crippen molar-refractivity contribution in [2.45, 2.75) is 46.3 Å². The van der Waals surface area contributed by atoms with E-state index in [1.807, 2.05) is 41.3 Å². The van der Waals surface area contributed by atoms with Crippen molar-refractivity contribution in [1.29, 1.82) is 0 Å². The Bertz CT molecular complexity index is 972. The van der Waals surface area contributed by atoms with Crippen LogP contribution in [0, 0.1) is 11.8 Å². The molecule has 1 aliphatic heterocycles. The van der Waals surface area contributed by atoms with Crippen LogP contribution in [0.4, 0.5) is 0 Å². The molecule has 0 unspecified atom stereocenters. The number of piperidine rings is 1. The van der Waals surface area contributed by atoms with E-state index in [9.17, 15) is 4.79 Å². The number of ether oxygens (including phenoxy) is 1. The molecule has 1 aromatic heterocycles. The monoisotopic (exact) mass is 405 g/mol. The lowest BCUT2D eigenvalue weighted by Crippen LogP contribution is -2.39. The zero-order valence-electron chi connectivity index (χ0n) is 18.0. The molecule has 0 atom stereocenters. The minimum Gasteiger partial charge on any atom is -0.486 e. The van der Waals surface area contributed by atoms with E-state index in [0.29, 0.717) is 30.8 Å². The summed E-state index contributed by atoms with van der Waals surface area (Å²) < 4.78 is 8.31. The van der Waals surface area contributed by atoms with Crippen molar-refractivity contribution < 1.29 is 9.53 Å². The van der Waals surface area contributed by atoms with Gasteiger partial charge >= 0.3 is 0 Å². The first-order chi connectivity index (χ1) is 14.6. The third-order valence-corrected chi connectivity index (χ3v) is 5.84. The second kappa shape index (κ2) is 9.33. The maximum atomic E-state index is 12.4. The number of aromatic nitrogens is 2. The fraction of sp³-hybridized carbons (Fsp3) is 0.440. The third kappa shape index (κ3) is 4.84. The van der Waals surface area contributed by atoms with Gasteiger partial charge in [0.1, 0.15) is 18.2 Å². The van der Waals surface area contributed by atoms with Crippen molar-refractivity contribution in [2.75, 3.05) is 13.1 Å². The number of amides is 1. The van der Waals surface area contributed by atoms with Crippen LogP contribution in [0.5, 0.6) is 5.75 Å². The highest BCUT2D eigenvalue weighted by Gasteiger charge is 2.24. The highest BCUT2D eigenvalue weighted by Crippen LogP contribution is 2.25. The lowest BCUT2D eigenvalue weighted by Gasteiger charge is -2.33. The standard InChI is InChI=1S/C25H31N3O2/c1-19(2)16-25(29)27-14-12-20(13-15-27)17-28-23-11-7-6-10-22(23)26-24(28)18-30-21-8-4-3-5-9-21/h3-11,19-20H,12-18H2,1-2H3. The number of nitrogens with zero attached hydrogens (tertiary/aromatic N) is 3. The van der Waals surface area contributed by atoms with Crippen LogP contribution in [0.3, 0.4) is 0 Å². The van der Waals surface area contributed by atoms with E-state index in [1.54, 1.807) is 0 Å². The lowest BCUT2D eigenvalue weighted by molar-refractivity contribution is -0.133. The molecule has 0 spiro atoms. The van der Waals surface area contributed by atoms with Gasteiger partial charge in [-0.3, -0.25) is 4.79 Å². The minimum absolute atomic E-state index is 0.300. The molecule has 1 amide bonds. The second-order valence-electron chi connectivity index (χ2n) is 8.65. The zero-order valence-corrected chi connectivity index (χ0v) is 18.0. The maximum Gasteiger partial charge on any atom is 0.222 e. The van der Waals surface area contributed by atoms with E-state index >= 15 is 0 Å². The molecule has 0 saturated carbocycles. The van der Waals surface area contributed by atoms with Gasteiger partial charge in [0, 0.05) is 26.1 Å². The van der Waals surface area contributed by atoms with Crippen molar-refractivity contribution in [1.82, 2.24) is 14.5 Å². The van der Waals surface area contributed by atoms with Gasteiger partial charge in [0.2, 0.25) is 5.91 Å². The van der Waals surface area contributed by atoms with E-state index in [2.05, 4.69) is 36.6 Å². The van der Waals surface area contributed by atoms with Crippen molar-refractivity contribution in [3.05, 3.63) is 60.4 Å². The highest BCUT2D eigenvalue weighted by molar-refractivity contribution is 5.76. The smallest absolute Gasteiger partial charge is 0.222 e. The summed E-state index contributed by atoms with van der Waals surface area (Å²) in [4.78, 5) is 19.3. The fourth-order valence-electron chi connectivity index (χ4n) is 4.21. The largest absolute Gasteiger partial charge is 0.486 e. The summed E-state index contributed by atoms with van der Waals surface area (Å²) in [6, 6.07) is 18.2. The van der Waals surface area contributed by atoms with Crippen LogP contribution >= 0.6 is 0 Å². The molecule has 3 aromatic rings. The van der Waals surface area contributed by atoms with Crippen LogP contribution in [0.25, 0.3) is 11.0 Å². The molecule has 1 aliphatic rings. The Morgan fingerprint density at radius 2 is 1.77 bits per heavy atom.